The molecule has 4 amide bonds. The molecule has 314 valence electrons. The SMILES string of the molecule is C=C/C(=C\C(COc1cc2c(cc1OC)C(=O)N1c3ccccc3C[C@H]1CN2)Oc1cc2c(cc1OC)C(=O)N1c3ccccc3C[C@H]1C=N2)NC(=O)[C@H](C)NC(=O)[C@H](C)N. The van der Waals surface area contributed by atoms with Crippen LogP contribution in [0.5, 0.6) is 23.0 Å². The fraction of sp³-hybridized carbons (Fsp3) is 0.283. The number of nitrogens with one attached hydrogen (secondary N) is 3. The molecular formula is C46H47N7O8. The zero-order chi connectivity index (χ0) is 42.9. The van der Waals surface area contributed by atoms with Gasteiger partial charge >= 0.3 is 0 Å². The standard InChI is InChI=1S/C46H47N7O8/c1-6-29(51-44(55)26(3)50-43(54)25(2)47)17-32(61-42-21-36-34(19-40(42)59-5)46(57)53-31(23-49-36)16-28-12-8-10-14-38(28)53)24-60-41-20-35-33(18-39(41)58-4)45(56)52-30(22-48-35)15-27-11-7-9-13-37(27)52/h6-14,17-21,23,25-26,30-32,48H,1,15-16,22,24,47H2,2-5H3,(H,50,54)(H,51,55)/b29-17+/t25-,26-,30-,31-,32?/m0/s1. The maximum atomic E-state index is 14.1. The van der Waals surface area contributed by atoms with Gasteiger partial charge in [0.1, 0.15) is 12.6 Å². The lowest BCUT2D eigenvalue weighted by Crippen LogP contribution is -2.49. The Bertz CT molecular complexity index is 2500. The average Bonchev–Trinajstić information content (AvgIpc) is 3.75. The van der Waals surface area contributed by atoms with Crippen molar-refractivity contribution in [1.82, 2.24) is 10.6 Å². The van der Waals surface area contributed by atoms with Crippen molar-refractivity contribution in [2.24, 2.45) is 10.7 Å². The number of anilines is 3. The highest BCUT2D eigenvalue weighted by Gasteiger charge is 2.39. The number of fused-ring (bicyclic) bond motifs is 8. The van der Waals surface area contributed by atoms with Gasteiger partial charge in [-0.3, -0.25) is 29.1 Å². The molecule has 0 spiro atoms. The summed E-state index contributed by atoms with van der Waals surface area (Å²) in [5.74, 6) is -0.238. The van der Waals surface area contributed by atoms with E-state index in [4.69, 9.17) is 29.7 Å². The molecule has 0 saturated carbocycles. The van der Waals surface area contributed by atoms with Crippen LogP contribution < -0.4 is 50.4 Å². The average molecular weight is 826 g/mol. The molecule has 4 aliphatic heterocycles. The van der Waals surface area contributed by atoms with Gasteiger partial charge in [0.25, 0.3) is 11.8 Å². The summed E-state index contributed by atoms with van der Waals surface area (Å²) in [6.07, 6.45) is 5.21. The Morgan fingerprint density at radius 1 is 0.885 bits per heavy atom. The van der Waals surface area contributed by atoms with Crippen LogP contribution in [-0.2, 0) is 22.4 Å². The van der Waals surface area contributed by atoms with E-state index in [1.54, 1.807) is 41.5 Å². The Balaban J connectivity index is 1.10. The zero-order valence-electron chi connectivity index (χ0n) is 34.3. The fourth-order valence-corrected chi connectivity index (χ4v) is 8.05. The number of methoxy groups -OCH3 is 2. The van der Waals surface area contributed by atoms with Crippen LogP contribution in [0.4, 0.5) is 22.7 Å². The smallest absolute Gasteiger partial charge is 0.261 e. The van der Waals surface area contributed by atoms with Crippen molar-refractivity contribution in [1.29, 1.82) is 0 Å². The molecule has 1 unspecified atom stereocenters. The molecule has 8 rings (SSSR count). The summed E-state index contributed by atoms with van der Waals surface area (Å²) in [7, 11) is 2.97. The van der Waals surface area contributed by atoms with E-state index >= 15 is 0 Å². The number of allylic oxidation sites excluding steroid dienone is 1. The van der Waals surface area contributed by atoms with Crippen LogP contribution in [0.15, 0.2) is 102 Å². The molecular weight excluding hydrogens is 779 g/mol. The molecule has 0 aromatic heterocycles. The number of para-hydroxylation sites is 2. The first-order valence-corrected chi connectivity index (χ1v) is 20.0. The number of aliphatic imine (C=N–C) groups is 1. The van der Waals surface area contributed by atoms with E-state index in [9.17, 15) is 19.2 Å². The van der Waals surface area contributed by atoms with Crippen molar-refractivity contribution in [3.63, 3.8) is 0 Å². The molecule has 15 nitrogen and oxygen atoms in total. The number of nitrogens with two attached hydrogens (primary N) is 1. The van der Waals surface area contributed by atoms with Crippen LogP contribution >= 0.6 is 0 Å². The van der Waals surface area contributed by atoms with Gasteiger partial charge in [0.2, 0.25) is 11.8 Å². The van der Waals surface area contributed by atoms with Gasteiger partial charge in [0, 0.05) is 48.4 Å². The van der Waals surface area contributed by atoms with Crippen LogP contribution in [-0.4, -0.2) is 87.5 Å². The van der Waals surface area contributed by atoms with Crippen molar-refractivity contribution in [3.8, 4) is 23.0 Å². The maximum absolute atomic E-state index is 14.1. The van der Waals surface area contributed by atoms with Gasteiger partial charge in [-0.15, -0.1) is 0 Å². The lowest BCUT2D eigenvalue weighted by atomic mass is 10.1. The predicted molar refractivity (Wildman–Crippen MR) is 232 cm³/mol. The van der Waals surface area contributed by atoms with Gasteiger partial charge in [-0.1, -0.05) is 43.0 Å². The topological polar surface area (TPSA) is 186 Å². The minimum atomic E-state index is -0.949. The number of carbonyl (C=O) groups is 4. The second kappa shape index (κ2) is 16.9. The van der Waals surface area contributed by atoms with E-state index in [0.29, 0.717) is 47.0 Å². The van der Waals surface area contributed by atoms with Crippen LogP contribution in [0.1, 0.15) is 45.7 Å². The summed E-state index contributed by atoms with van der Waals surface area (Å²) in [6, 6.07) is 20.3. The summed E-state index contributed by atoms with van der Waals surface area (Å²) in [6.45, 7) is 7.31. The van der Waals surface area contributed by atoms with Crippen LogP contribution in [0.25, 0.3) is 0 Å². The van der Waals surface area contributed by atoms with Gasteiger partial charge in [-0.05, 0) is 67.8 Å². The van der Waals surface area contributed by atoms with E-state index in [-0.39, 0.29) is 47.7 Å². The molecule has 0 bridgehead atoms. The molecule has 4 aliphatic rings. The van der Waals surface area contributed by atoms with Gasteiger partial charge in [-0.25, -0.2) is 0 Å². The highest BCUT2D eigenvalue weighted by Crippen LogP contribution is 2.43. The van der Waals surface area contributed by atoms with Crippen LogP contribution in [0.2, 0.25) is 0 Å². The summed E-state index contributed by atoms with van der Waals surface area (Å²) >= 11 is 0. The van der Waals surface area contributed by atoms with Gasteiger partial charge in [0.05, 0.1) is 54.8 Å². The van der Waals surface area contributed by atoms with E-state index in [1.165, 1.54) is 34.1 Å². The molecule has 0 radical (unpaired) electrons. The molecule has 4 heterocycles. The van der Waals surface area contributed by atoms with Crippen LogP contribution in [0.3, 0.4) is 0 Å². The zero-order valence-corrected chi connectivity index (χ0v) is 34.3. The number of carbonyl (C=O) groups excluding carboxylic acids is 4. The highest BCUT2D eigenvalue weighted by atomic mass is 16.6. The van der Waals surface area contributed by atoms with Crippen LogP contribution in [0, 0.1) is 0 Å². The monoisotopic (exact) mass is 825 g/mol. The third-order valence-electron chi connectivity index (χ3n) is 11.2. The molecule has 0 saturated heterocycles. The van der Waals surface area contributed by atoms with Gasteiger partial charge in [0.15, 0.2) is 29.1 Å². The number of nitrogens with zero attached hydrogens (tertiary/aromatic N) is 3. The molecule has 5 N–H and O–H groups in total. The third-order valence-corrected chi connectivity index (χ3v) is 11.2. The second-order valence-corrected chi connectivity index (χ2v) is 15.3. The molecule has 0 fully saturated rings. The highest BCUT2D eigenvalue weighted by molar-refractivity contribution is 6.15. The van der Waals surface area contributed by atoms with E-state index < -0.39 is 30.0 Å². The van der Waals surface area contributed by atoms with Crippen molar-refractivity contribution < 1.29 is 38.1 Å². The normalized spacial score (nSPS) is 18.6. The molecule has 61 heavy (non-hydrogen) atoms. The van der Waals surface area contributed by atoms with Crippen molar-refractivity contribution >= 4 is 52.6 Å². The number of amides is 4. The Hall–Kier alpha value is -7.13. The maximum Gasteiger partial charge on any atom is 0.261 e. The summed E-state index contributed by atoms with van der Waals surface area (Å²) < 4.78 is 24.6. The van der Waals surface area contributed by atoms with E-state index in [2.05, 4.69) is 22.5 Å². The molecule has 0 aliphatic carbocycles. The fourth-order valence-electron chi connectivity index (χ4n) is 8.05. The first-order chi connectivity index (χ1) is 29.5. The quantitative estimate of drug-likeness (QED) is 0.136. The summed E-state index contributed by atoms with van der Waals surface area (Å²) in [5.41, 5.74) is 11.6. The lowest BCUT2D eigenvalue weighted by molar-refractivity contribution is -0.128. The minimum Gasteiger partial charge on any atom is -0.493 e. The molecule has 5 atom stereocenters. The Kier molecular flexibility index (Phi) is 11.2. The molecule has 4 aromatic rings. The number of hydrogen-bond donors (Lipinski definition) is 4. The summed E-state index contributed by atoms with van der Waals surface area (Å²) in [4.78, 5) is 62.0. The van der Waals surface area contributed by atoms with E-state index in [0.717, 1.165) is 28.9 Å². The van der Waals surface area contributed by atoms with Gasteiger partial charge in [-0.2, -0.15) is 0 Å². The largest absolute Gasteiger partial charge is 0.493 e. The Morgan fingerprint density at radius 2 is 1.54 bits per heavy atom. The lowest BCUT2D eigenvalue weighted by Gasteiger charge is -2.23. The Labute approximate surface area is 353 Å². The van der Waals surface area contributed by atoms with Crippen molar-refractivity contribution in [2.45, 2.75) is 57.0 Å². The number of ether oxygens (including phenoxy) is 4. The van der Waals surface area contributed by atoms with E-state index in [1.807, 2.05) is 53.4 Å². The molecule has 4 aromatic carbocycles. The van der Waals surface area contributed by atoms with Crippen molar-refractivity contribution in [3.05, 3.63) is 119 Å². The summed E-state index contributed by atoms with van der Waals surface area (Å²) in [5, 5.41) is 8.81. The molecule has 15 heteroatoms. The van der Waals surface area contributed by atoms with Crippen molar-refractivity contribution in [2.75, 3.05) is 42.5 Å². The third kappa shape index (κ3) is 7.87. The first-order valence-electron chi connectivity index (χ1n) is 20.0. The predicted octanol–water partition coefficient (Wildman–Crippen LogP) is 4.85. The Morgan fingerprint density at radius 3 is 2.25 bits per heavy atom. The number of benzene rings is 4. The van der Waals surface area contributed by atoms with Gasteiger partial charge < -0.3 is 45.5 Å². The minimum absolute atomic E-state index is 0.0685. The second-order valence-electron chi connectivity index (χ2n) is 15.3. The number of hydrogen-bond acceptors (Lipinski definition) is 11. The number of rotatable bonds is 13. The first kappa shape index (κ1) is 40.6.